The van der Waals surface area contributed by atoms with Crippen molar-refractivity contribution in [1.29, 1.82) is 0 Å². The van der Waals surface area contributed by atoms with E-state index in [1.54, 1.807) is 0 Å². The summed E-state index contributed by atoms with van der Waals surface area (Å²) in [5.74, 6) is 1.20. The van der Waals surface area contributed by atoms with Crippen LogP contribution in [-0.4, -0.2) is 30.9 Å². The van der Waals surface area contributed by atoms with Crippen LogP contribution in [0.2, 0.25) is 0 Å². The molecule has 0 unspecified atom stereocenters. The lowest BCUT2D eigenvalue weighted by molar-refractivity contribution is 0.102. The quantitative estimate of drug-likeness (QED) is 0.338. The molecule has 0 bridgehead atoms. The van der Waals surface area contributed by atoms with Gasteiger partial charge in [-0.25, -0.2) is 0 Å². The molecule has 4 rings (SSSR count). The Hall–Kier alpha value is -3.12. The molecule has 0 aliphatic heterocycles. The molecular weight excluding hydrogens is 380 g/mol. The first kappa shape index (κ1) is 19.2. The van der Waals surface area contributed by atoms with Gasteiger partial charge in [0.25, 0.3) is 0 Å². The van der Waals surface area contributed by atoms with Crippen molar-refractivity contribution in [2.75, 3.05) is 5.75 Å². The molecule has 0 aliphatic rings. The molecule has 0 saturated heterocycles. The van der Waals surface area contributed by atoms with Crippen molar-refractivity contribution < 1.29 is 4.79 Å². The van der Waals surface area contributed by atoms with Gasteiger partial charge in [-0.3, -0.25) is 9.36 Å². The number of thioether (sulfide) groups is 1. The summed E-state index contributed by atoms with van der Waals surface area (Å²) in [7, 11) is 0. The summed E-state index contributed by atoms with van der Waals surface area (Å²) in [5, 5.41) is 9.19. The van der Waals surface area contributed by atoms with Crippen molar-refractivity contribution in [3.63, 3.8) is 0 Å². The average molecular weight is 403 g/mol. The molecule has 0 N–H and O–H groups in total. The van der Waals surface area contributed by atoms with Crippen LogP contribution in [0.25, 0.3) is 11.4 Å². The van der Waals surface area contributed by atoms with Gasteiger partial charge in [-0.2, -0.15) is 0 Å². The van der Waals surface area contributed by atoms with Gasteiger partial charge in [0, 0.05) is 28.3 Å². The summed E-state index contributed by atoms with van der Waals surface area (Å²) in [6.45, 7) is 5.94. The van der Waals surface area contributed by atoms with E-state index in [9.17, 15) is 4.79 Å². The van der Waals surface area contributed by atoms with E-state index in [1.807, 2.05) is 92.1 Å². The molecule has 0 aliphatic carbocycles. The highest BCUT2D eigenvalue weighted by Crippen LogP contribution is 2.25. The first-order valence-electron chi connectivity index (χ1n) is 9.44. The van der Waals surface area contributed by atoms with Gasteiger partial charge in [-0.15, -0.1) is 10.2 Å². The summed E-state index contributed by atoms with van der Waals surface area (Å²) in [4.78, 5) is 13.0. The Morgan fingerprint density at radius 3 is 2.07 bits per heavy atom. The van der Waals surface area contributed by atoms with Gasteiger partial charge in [0.05, 0.1) is 5.75 Å². The van der Waals surface area contributed by atoms with E-state index >= 15 is 0 Å². The van der Waals surface area contributed by atoms with Crippen molar-refractivity contribution in [3.8, 4) is 11.4 Å². The number of aryl methyl sites for hydroxylation is 2. The first-order chi connectivity index (χ1) is 14.1. The predicted octanol–water partition coefficient (Wildman–Crippen LogP) is 4.96. The predicted molar refractivity (Wildman–Crippen MR) is 116 cm³/mol. The highest BCUT2D eigenvalue weighted by molar-refractivity contribution is 7.99. The highest BCUT2D eigenvalue weighted by Gasteiger charge is 2.19. The number of aromatic nitrogens is 4. The van der Waals surface area contributed by atoms with Gasteiger partial charge >= 0.3 is 0 Å². The van der Waals surface area contributed by atoms with Crippen LogP contribution in [0.1, 0.15) is 27.6 Å². The van der Waals surface area contributed by atoms with Gasteiger partial charge in [0.1, 0.15) is 5.82 Å². The van der Waals surface area contributed by atoms with Crippen LogP contribution in [0, 0.1) is 20.8 Å². The van der Waals surface area contributed by atoms with Gasteiger partial charge < -0.3 is 4.57 Å². The summed E-state index contributed by atoms with van der Waals surface area (Å²) in [5.41, 5.74) is 4.81. The van der Waals surface area contributed by atoms with E-state index in [0.29, 0.717) is 5.75 Å². The number of nitrogens with zero attached hydrogens (tertiary/aromatic N) is 4. The maximum atomic E-state index is 13.0. The van der Waals surface area contributed by atoms with Crippen LogP contribution in [-0.2, 0) is 0 Å². The monoisotopic (exact) mass is 402 g/mol. The third-order valence-corrected chi connectivity index (χ3v) is 5.82. The van der Waals surface area contributed by atoms with Gasteiger partial charge in [0.2, 0.25) is 0 Å². The number of carbonyl (C=O) groups is 1. The molecule has 2 aromatic heterocycles. The minimum atomic E-state index is 0.0885. The summed E-state index contributed by atoms with van der Waals surface area (Å²) in [6, 6.07) is 22.0. The van der Waals surface area contributed by atoms with Crippen LogP contribution in [0.5, 0.6) is 0 Å². The number of rotatable bonds is 6. The molecule has 0 spiro atoms. The fraction of sp³-hybridized carbons (Fsp3) is 0.174. The smallest absolute Gasteiger partial charge is 0.196 e. The minimum Gasteiger partial charge on any atom is -0.318 e. The van der Waals surface area contributed by atoms with Crippen molar-refractivity contribution in [2.45, 2.75) is 25.9 Å². The van der Waals surface area contributed by atoms with Gasteiger partial charge in [-0.1, -0.05) is 48.2 Å². The molecule has 146 valence electrons. The Bertz CT molecular complexity index is 1150. The molecule has 5 nitrogen and oxygen atoms in total. The normalized spacial score (nSPS) is 11.0. The van der Waals surface area contributed by atoms with Crippen molar-refractivity contribution >= 4 is 17.5 Å². The maximum Gasteiger partial charge on any atom is 0.196 e. The molecule has 2 heterocycles. The summed E-state index contributed by atoms with van der Waals surface area (Å²) < 4.78 is 4.10. The Morgan fingerprint density at radius 2 is 1.45 bits per heavy atom. The van der Waals surface area contributed by atoms with E-state index < -0.39 is 0 Å². The number of benzene rings is 2. The van der Waals surface area contributed by atoms with E-state index in [2.05, 4.69) is 14.8 Å². The lowest BCUT2D eigenvalue weighted by Gasteiger charge is -2.10. The van der Waals surface area contributed by atoms with Crippen LogP contribution < -0.4 is 0 Å². The number of hydrogen-bond donors (Lipinski definition) is 0. The second kappa shape index (κ2) is 8.09. The zero-order valence-electron chi connectivity index (χ0n) is 16.7. The van der Waals surface area contributed by atoms with Crippen LogP contribution >= 0.6 is 11.8 Å². The topological polar surface area (TPSA) is 52.7 Å². The number of para-hydroxylation sites is 2. The standard InChI is InChI=1S/C23H22N4OS/c1-16-14-21(17(2)26(16)19-10-6-4-7-11-19)22(28)15-29-23-25-24-18(3)27(23)20-12-8-5-9-13-20/h4-14H,15H2,1-3H3. The Balaban J connectivity index is 1.57. The molecule has 6 heteroatoms. The number of carbonyl (C=O) groups excluding carboxylic acids is 1. The molecule has 0 radical (unpaired) electrons. The maximum absolute atomic E-state index is 13.0. The Labute approximate surface area is 174 Å². The third kappa shape index (κ3) is 3.76. The fourth-order valence-corrected chi connectivity index (χ4v) is 4.42. The first-order valence-corrected chi connectivity index (χ1v) is 10.4. The fourth-order valence-electron chi connectivity index (χ4n) is 3.54. The third-order valence-electron chi connectivity index (χ3n) is 4.89. The molecule has 0 saturated carbocycles. The molecule has 2 aromatic carbocycles. The molecule has 0 atom stereocenters. The summed E-state index contributed by atoms with van der Waals surface area (Å²) >= 11 is 1.42. The SMILES string of the molecule is Cc1cc(C(=O)CSc2nnc(C)n2-c2ccccc2)c(C)n1-c1ccccc1. The zero-order chi connectivity index (χ0) is 20.4. The Kier molecular flexibility index (Phi) is 5.36. The highest BCUT2D eigenvalue weighted by atomic mass is 32.2. The largest absolute Gasteiger partial charge is 0.318 e. The zero-order valence-corrected chi connectivity index (χ0v) is 17.5. The van der Waals surface area contributed by atoms with E-state index in [1.165, 1.54) is 11.8 Å². The van der Waals surface area contributed by atoms with Crippen molar-refractivity contribution in [2.24, 2.45) is 0 Å². The second-order valence-electron chi connectivity index (χ2n) is 6.87. The van der Waals surface area contributed by atoms with Gasteiger partial charge in [0.15, 0.2) is 10.9 Å². The van der Waals surface area contributed by atoms with Crippen molar-refractivity contribution in [1.82, 2.24) is 19.3 Å². The molecule has 0 amide bonds. The average Bonchev–Trinajstić information content (AvgIpc) is 3.26. The lowest BCUT2D eigenvalue weighted by Crippen LogP contribution is -2.07. The Morgan fingerprint density at radius 1 is 0.862 bits per heavy atom. The second-order valence-corrected chi connectivity index (χ2v) is 7.81. The summed E-state index contributed by atoms with van der Waals surface area (Å²) in [6.07, 6.45) is 0. The number of ketones is 1. The van der Waals surface area contributed by atoms with E-state index in [4.69, 9.17) is 0 Å². The lowest BCUT2D eigenvalue weighted by atomic mass is 10.2. The van der Waals surface area contributed by atoms with E-state index in [0.717, 1.165) is 39.3 Å². The molecule has 0 fully saturated rings. The minimum absolute atomic E-state index is 0.0885. The van der Waals surface area contributed by atoms with Crippen LogP contribution in [0.15, 0.2) is 71.9 Å². The molecule has 4 aromatic rings. The van der Waals surface area contributed by atoms with Crippen molar-refractivity contribution in [3.05, 3.63) is 89.5 Å². The van der Waals surface area contributed by atoms with Crippen LogP contribution in [0.3, 0.4) is 0 Å². The van der Waals surface area contributed by atoms with Gasteiger partial charge in [-0.05, 0) is 51.1 Å². The number of hydrogen-bond acceptors (Lipinski definition) is 4. The molecular formula is C23H22N4OS. The molecule has 29 heavy (non-hydrogen) atoms. The van der Waals surface area contributed by atoms with E-state index in [-0.39, 0.29) is 5.78 Å². The number of Topliss-reactive ketones (excluding diaryl/α,β-unsaturated/α-hetero) is 1. The van der Waals surface area contributed by atoms with Crippen LogP contribution in [0.4, 0.5) is 0 Å².